The predicted octanol–water partition coefficient (Wildman–Crippen LogP) is 3.30. The van der Waals surface area contributed by atoms with Crippen LogP contribution >= 0.6 is 11.6 Å². The highest BCUT2D eigenvalue weighted by atomic mass is 35.5. The zero-order valence-corrected chi connectivity index (χ0v) is 11.4. The molecule has 0 atom stereocenters. The molecule has 0 fully saturated rings. The van der Waals surface area contributed by atoms with Crippen molar-refractivity contribution in [3.63, 3.8) is 0 Å². The number of rotatable bonds is 3. The Morgan fingerprint density at radius 3 is 2.68 bits per heavy atom. The highest BCUT2D eigenvalue weighted by Gasteiger charge is 2.11. The Hall–Kier alpha value is -2.01. The number of anilines is 1. The molecule has 0 aliphatic carbocycles. The summed E-state index contributed by atoms with van der Waals surface area (Å²) in [5.41, 5.74) is 1.48. The summed E-state index contributed by atoms with van der Waals surface area (Å²) in [6, 6.07) is 8.50. The zero-order valence-electron chi connectivity index (χ0n) is 10.7. The fourth-order valence-electron chi connectivity index (χ4n) is 1.55. The first-order chi connectivity index (χ1) is 9.04. The van der Waals surface area contributed by atoms with Gasteiger partial charge in [-0.2, -0.15) is 0 Å². The summed E-state index contributed by atoms with van der Waals surface area (Å²) < 4.78 is 5.06. The van der Waals surface area contributed by atoms with Crippen molar-refractivity contribution in [3.8, 4) is 0 Å². The Bertz CT molecular complexity index is 566. The summed E-state index contributed by atoms with van der Waals surface area (Å²) in [5, 5.41) is 7.17. The molecule has 0 saturated carbocycles. The molecule has 0 radical (unpaired) electrons. The Balaban J connectivity index is 1.94. The number of carbonyl (C=O) groups excluding carboxylic acids is 1. The lowest BCUT2D eigenvalue weighted by molar-refractivity contribution is 0.214. The van der Waals surface area contributed by atoms with Gasteiger partial charge in [-0.1, -0.05) is 16.8 Å². The smallest absolute Gasteiger partial charge is 0.321 e. The van der Waals surface area contributed by atoms with Gasteiger partial charge in [0.25, 0.3) is 0 Å². The summed E-state index contributed by atoms with van der Waals surface area (Å²) in [7, 11) is 1.68. The maximum absolute atomic E-state index is 11.9. The molecule has 0 spiro atoms. The van der Waals surface area contributed by atoms with E-state index in [1.54, 1.807) is 37.4 Å². The van der Waals surface area contributed by atoms with E-state index in [0.29, 0.717) is 23.0 Å². The average molecular weight is 280 g/mol. The van der Waals surface area contributed by atoms with Crippen molar-refractivity contribution in [2.45, 2.75) is 13.5 Å². The molecule has 0 unspecified atom stereocenters. The van der Waals surface area contributed by atoms with Crippen LogP contribution in [0.25, 0.3) is 0 Å². The topological polar surface area (TPSA) is 58.4 Å². The summed E-state index contributed by atoms with van der Waals surface area (Å²) in [4.78, 5) is 13.4. The first kappa shape index (κ1) is 13.4. The van der Waals surface area contributed by atoms with Gasteiger partial charge in [-0.15, -0.1) is 0 Å². The van der Waals surface area contributed by atoms with E-state index < -0.39 is 0 Å². The van der Waals surface area contributed by atoms with E-state index in [0.717, 1.165) is 5.69 Å². The maximum Gasteiger partial charge on any atom is 0.321 e. The van der Waals surface area contributed by atoms with Crippen molar-refractivity contribution in [2.75, 3.05) is 12.4 Å². The molecule has 100 valence electrons. The molecule has 1 N–H and O–H groups in total. The number of hydrogen-bond donors (Lipinski definition) is 1. The summed E-state index contributed by atoms with van der Waals surface area (Å²) in [5.74, 6) is 0.645. The number of amides is 2. The van der Waals surface area contributed by atoms with Gasteiger partial charge in [-0.25, -0.2) is 4.79 Å². The molecule has 5 nitrogen and oxygen atoms in total. The number of hydrogen-bond acceptors (Lipinski definition) is 3. The van der Waals surface area contributed by atoms with Crippen LogP contribution in [-0.4, -0.2) is 23.1 Å². The van der Waals surface area contributed by atoms with Crippen LogP contribution in [-0.2, 0) is 6.54 Å². The van der Waals surface area contributed by atoms with E-state index >= 15 is 0 Å². The van der Waals surface area contributed by atoms with Gasteiger partial charge < -0.3 is 14.7 Å². The number of benzene rings is 1. The van der Waals surface area contributed by atoms with E-state index in [-0.39, 0.29) is 6.03 Å². The molecule has 6 heteroatoms. The fourth-order valence-corrected chi connectivity index (χ4v) is 1.67. The van der Waals surface area contributed by atoms with Crippen LogP contribution in [0.5, 0.6) is 0 Å². The lowest BCUT2D eigenvalue weighted by Crippen LogP contribution is -2.30. The van der Waals surface area contributed by atoms with Crippen molar-refractivity contribution < 1.29 is 9.32 Å². The van der Waals surface area contributed by atoms with Gasteiger partial charge in [0.2, 0.25) is 0 Å². The van der Waals surface area contributed by atoms with Crippen molar-refractivity contribution >= 4 is 23.3 Å². The Kier molecular flexibility index (Phi) is 4.06. The number of aromatic nitrogens is 1. The molecular formula is C13H14ClN3O2. The molecule has 2 aromatic rings. The van der Waals surface area contributed by atoms with Gasteiger partial charge in [0.05, 0.1) is 12.2 Å². The van der Waals surface area contributed by atoms with Crippen LogP contribution < -0.4 is 5.32 Å². The van der Waals surface area contributed by atoms with Crippen LogP contribution in [0, 0.1) is 6.92 Å². The molecule has 1 heterocycles. The molecule has 19 heavy (non-hydrogen) atoms. The van der Waals surface area contributed by atoms with Crippen LogP contribution in [0.4, 0.5) is 10.5 Å². The Morgan fingerprint density at radius 1 is 1.42 bits per heavy atom. The second-order valence-corrected chi connectivity index (χ2v) is 4.66. The number of nitrogens with one attached hydrogen (secondary N) is 1. The quantitative estimate of drug-likeness (QED) is 0.938. The van der Waals surface area contributed by atoms with Crippen molar-refractivity contribution in [2.24, 2.45) is 0 Å². The maximum atomic E-state index is 11.9. The molecule has 1 aromatic carbocycles. The van der Waals surface area contributed by atoms with Crippen molar-refractivity contribution in [3.05, 3.63) is 46.8 Å². The first-order valence-electron chi connectivity index (χ1n) is 5.74. The largest absolute Gasteiger partial charge is 0.359 e. The number of halogens is 1. The minimum atomic E-state index is -0.226. The molecule has 0 bridgehead atoms. The van der Waals surface area contributed by atoms with E-state index in [9.17, 15) is 4.79 Å². The molecule has 2 rings (SSSR count). The average Bonchev–Trinajstić information content (AvgIpc) is 2.77. The van der Waals surface area contributed by atoms with Crippen LogP contribution in [0.15, 0.2) is 34.9 Å². The predicted molar refractivity (Wildman–Crippen MR) is 73.2 cm³/mol. The molecule has 2 amide bonds. The van der Waals surface area contributed by atoms with Crippen LogP contribution in [0.1, 0.15) is 11.5 Å². The monoisotopic (exact) mass is 279 g/mol. The van der Waals surface area contributed by atoms with Gasteiger partial charge in [-0.3, -0.25) is 0 Å². The summed E-state index contributed by atoms with van der Waals surface area (Å²) >= 11 is 5.78. The van der Waals surface area contributed by atoms with Gasteiger partial charge in [0.1, 0.15) is 0 Å². The molecule has 0 aliphatic heterocycles. The van der Waals surface area contributed by atoms with Gasteiger partial charge in [-0.05, 0) is 31.2 Å². The summed E-state index contributed by atoms with van der Waals surface area (Å²) in [6.07, 6.45) is 0. The van der Waals surface area contributed by atoms with Gasteiger partial charge in [0, 0.05) is 23.8 Å². The third kappa shape index (κ3) is 3.72. The minimum absolute atomic E-state index is 0.226. The third-order valence-electron chi connectivity index (χ3n) is 2.51. The second kappa shape index (κ2) is 5.75. The van der Waals surface area contributed by atoms with E-state index in [1.165, 1.54) is 4.90 Å². The van der Waals surface area contributed by atoms with Crippen LogP contribution in [0.2, 0.25) is 5.02 Å². The molecular weight excluding hydrogens is 266 g/mol. The van der Waals surface area contributed by atoms with E-state index in [2.05, 4.69) is 10.5 Å². The number of nitrogens with zero attached hydrogens (tertiary/aromatic N) is 2. The fraction of sp³-hybridized carbons (Fsp3) is 0.231. The molecule has 1 aromatic heterocycles. The highest BCUT2D eigenvalue weighted by molar-refractivity contribution is 6.30. The normalized spacial score (nSPS) is 10.3. The van der Waals surface area contributed by atoms with Crippen molar-refractivity contribution in [1.29, 1.82) is 0 Å². The molecule has 0 saturated heterocycles. The summed E-state index contributed by atoms with van der Waals surface area (Å²) in [6.45, 7) is 2.20. The number of urea groups is 1. The van der Waals surface area contributed by atoms with Gasteiger partial charge in [0.15, 0.2) is 5.76 Å². The zero-order chi connectivity index (χ0) is 13.8. The SMILES string of the molecule is Cc1cc(CN(C)C(=O)Nc2ccc(Cl)cc2)on1. The van der Waals surface area contributed by atoms with E-state index in [4.69, 9.17) is 16.1 Å². The van der Waals surface area contributed by atoms with Gasteiger partial charge >= 0.3 is 6.03 Å². The Labute approximate surface area is 116 Å². The number of aryl methyl sites for hydroxylation is 1. The minimum Gasteiger partial charge on any atom is -0.359 e. The second-order valence-electron chi connectivity index (χ2n) is 4.23. The standard InChI is InChI=1S/C13H14ClN3O2/c1-9-7-12(19-16-9)8-17(2)13(18)15-11-5-3-10(14)4-6-11/h3-7H,8H2,1-2H3,(H,15,18). The van der Waals surface area contributed by atoms with Crippen LogP contribution in [0.3, 0.4) is 0 Å². The Morgan fingerprint density at radius 2 is 2.11 bits per heavy atom. The third-order valence-corrected chi connectivity index (χ3v) is 2.76. The first-order valence-corrected chi connectivity index (χ1v) is 6.12. The lowest BCUT2D eigenvalue weighted by Gasteiger charge is -2.16. The lowest BCUT2D eigenvalue weighted by atomic mass is 10.3. The number of carbonyl (C=O) groups is 1. The van der Waals surface area contributed by atoms with E-state index in [1.807, 2.05) is 6.92 Å². The highest BCUT2D eigenvalue weighted by Crippen LogP contribution is 2.14. The van der Waals surface area contributed by atoms with Crippen molar-refractivity contribution in [1.82, 2.24) is 10.1 Å². The molecule has 0 aliphatic rings.